The number of methoxy groups -OCH3 is 1. The van der Waals surface area contributed by atoms with E-state index in [1.807, 2.05) is 13.1 Å². The third kappa shape index (κ3) is 3.88. The van der Waals surface area contributed by atoms with E-state index >= 15 is 0 Å². The van der Waals surface area contributed by atoms with E-state index < -0.39 is 0 Å². The Labute approximate surface area is 159 Å². The predicted molar refractivity (Wildman–Crippen MR) is 103 cm³/mol. The van der Waals surface area contributed by atoms with Gasteiger partial charge in [-0.25, -0.2) is 0 Å². The van der Waals surface area contributed by atoms with Crippen molar-refractivity contribution in [3.8, 4) is 5.75 Å². The lowest BCUT2D eigenvalue weighted by atomic mass is 9.92. The van der Waals surface area contributed by atoms with Crippen molar-refractivity contribution < 1.29 is 9.53 Å². The van der Waals surface area contributed by atoms with Crippen molar-refractivity contribution in [3.63, 3.8) is 0 Å². The van der Waals surface area contributed by atoms with Gasteiger partial charge in [-0.05, 0) is 37.0 Å². The molecular weight excluding hydrogens is 350 g/mol. The Kier molecular flexibility index (Phi) is 5.02. The summed E-state index contributed by atoms with van der Waals surface area (Å²) in [6, 6.07) is 6.99. The monoisotopic (exact) mass is 375 g/mol. The van der Waals surface area contributed by atoms with Crippen LogP contribution in [0.1, 0.15) is 49.7 Å². The molecule has 1 aromatic heterocycles. The van der Waals surface area contributed by atoms with Gasteiger partial charge >= 0.3 is 0 Å². The zero-order valence-corrected chi connectivity index (χ0v) is 16.8. The molecule has 1 aliphatic rings. The summed E-state index contributed by atoms with van der Waals surface area (Å²) in [5.74, 6) is 0.789. The third-order valence-corrected chi connectivity index (χ3v) is 4.98. The van der Waals surface area contributed by atoms with Gasteiger partial charge < -0.3 is 4.74 Å². The molecule has 6 heteroatoms. The highest BCUT2D eigenvalue weighted by Crippen LogP contribution is 2.31. The van der Waals surface area contributed by atoms with Gasteiger partial charge in [-0.2, -0.15) is 4.99 Å². The molecule has 1 aromatic carbocycles. The van der Waals surface area contributed by atoms with Gasteiger partial charge in [0.05, 0.1) is 12.7 Å². The predicted octanol–water partition coefficient (Wildman–Crippen LogP) is 3.94. The van der Waals surface area contributed by atoms with E-state index in [0.717, 1.165) is 12.2 Å². The fraction of sp³-hybridized carbons (Fsp3) is 0.500. The number of ether oxygens (including phenoxy) is 1. The minimum atomic E-state index is -0.325. The molecule has 0 spiro atoms. The number of carbonyl (C=O) groups is 1. The first kappa shape index (κ1) is 18.8. The van der Waals surface area contributed by atoms with E-state index in [4.69, 9.17) is 16.3 Å². The van der Waals surface area contributed by atoms with Crippen molar-refractivity contribution in [2.75, 3.05) is 7.11 Å². The van der Waals surface area contributed by atoms with Gasteiger partial charge in [-0.1, -0.05) is 32.4 Å². The molecule has 3 rings (SSSR count). The summed E-state index contributed by atoms with van der Waals surface area (Å²) < 4.78 is 9.53. The summed E-state index contributed by atoms with van der Waals surface area (Å²) in [5.41, 5.74) is 2.21. The van der Waals surface area contributed by atoms with Gasteiger partial charge in [0, 0.05) is 35.8 Å². The Hall–Kier alpha value is -2.01. The molecule has 1 heterocycles. The molecule has 0 saturated heterocycles. The summed E-state index contributed by atoms with van der Waals surface area (Å²) in [5, 5.41) is 0.525. The Morgan fingerprint density at radius 2 is 2.00 bits per heavy atom. The van der Waals surface area contributed by atoms with E-state index in [1.54, 1.807) is 18.2 Å². The van der Waals surface area contributed by atoms with Crippen molar-refractivity contribution in [2.45, 2.75) is 45.6 Å². The third-order valence-electron chi connectivity index (χ3n) is 4.75. The fourth-order valence-electron chi connectivity index (χ4n) is 3.13. The van der Waals surface area contributed by atoms with E-state index in [2.05, 4.69) is 35.1 Å². The molecule has 1 aliphatic carbocycles. The van der Waals surface area contributed by atoms with Crippen LogP contribution in [0.5, 0.6) is 5.75 Å². The van der Waals surface area contributed by atoms with Crippen LogP contribution in [0.2, 0.25) is 5.02 Å². The minimum Gasteiger partial charge on any atom is -0.496 e. The average molecular weight is 376 g/mol. The van der Waals surface area contributed by atoms with Crippen LogP contribution in [0, 0.1) is 5.92 Å². The first-order chi connectivity index (χ1) is 12.2. The standard InChI is InChI=1S/C20H26ClN3O2/c1-20(2,3)17-11-18(24(23(17)4)12-13-6-7-13)22-19(25)15-9-8-14(21)10-16(15)26-5/h8-11,13H,6-7,12H2,1-5H3. The fourth-order valence-corrected chi connectivity index (χ4v) is 3.29. The summed E-state index contributed by atoms with van der Waals surface area (Å²) in [6.07, 6.45) is 2.48. The lowest BCUT2D eigenvalue weighted by molar-refractivity contribution is 0.0993. The van der Waals surface area contributed by atoms with Gasteiger partial charge in [-0.15, -0.1) is 0 Å². The number of hydrogen-bond acceptors (Lipinski definition) is 2. The van der Waals surface area contributed by atoms with E-state index in [0.29, 0.717) is 27.7 Å². The summed E-state index contributed by atoms with van der Waals surface area (Å²) in [6.45, 7) is 7.38. The maximum Gasteiger partial charge on any atom is 0.282 e. The number of hydrogen-bond donors (Lipinski definition) is 0. The second kappa shape index (κ2) is 6.95. The van der Waals surface area contributed by atoms with Crippen LogP contribution >= 0.6 is 11.6 Å². The van der Waals surface area contributed by atoms with E-state index in [1.165, 1.54) is 20.0 Å². The van der Waals surface area contributed by atoms with Gasteiger partial charge in [0.15, 0.2) is 5.49 Å². The van der Waals surface area contributed by atoms with Crippen LogP contribution in [0.25, 0.3) is 0 Å². The Morgan fingerprint density at radius 3 is 2.58 bits per heavy atom. The number of benzene rings is 1. The van der Waals surface area contributed by atoms with Crippen LogP contribution in [0.15, 0.2) is 29.3 Å². The van der Waals surface area contributed by atoms with Crippen molar-refractivity contribution in [2.24, 2.45) is 18.0 Å². The van der Waals surface area contributed by atoms with Gasteiger partial charge in [0.1, 0.15) is 5.75 Å². The number of carbonyl (C=O) groups excluding carboxylic acids is 1. The zero-order valence-electron chi connectivity index (χ0n) is 16.0. The van der Waals surface area contributed by atoms with Crippen molar-refractivity contribution >= 4 is 17.5 Å². The molecule has 140 valence electrons. The Balaban J connectivity index is 2.08. The highest BCUT2D eigenvalue weighted by molar-refractivity contribution is 6.30. The lowest BCUT2D eigenvalue weighted by Crippen LogP contribution is -2.26. The number of aromatic nitrogens is 2. The van der Waals surface area contributed by atoms with Crippen LogP contribution in [-0.2, 0) is 19.0 Å². The first-order valence-corrected chi connectivity index (χ1v) is 9.28. The molecule has 0 unspecified atom stereocenters. The van der Waals surface area contributed by atoms with Crippen molar-refractivity contribution in [1.82, 2.24) is 9.36 Å². The number of halogens is 1. The molecule has 0 aliphatic heterocycles. The zero-order chi connectivity index (χ0) is 19.1. The Morgan fingerprint density at radius 1 is 1.31 bits per heavy atom. The molecule has 0 atom stereocenters. The van der Waals surface area contributed by atoms with E-state index in [9.17, 15) is 4.79 Å². The topological polar surface area (TPSA) is 48.5 Å². The maximum absolute atomic E-state index is 12.8. The lowest BCUT2D eigenvalue weighted by Gasteiger charge is -2.20. The van der Waals surface area contributed by atoms with Gasteiger partial charge in [-0.3, -0.25) is 14.2 Å². The summed E-state index contributed by atoms with van der Waals surface area (Å²) in [7, 11) is 3.56. The average Bonchev–Trinajstić information content (AvgIpc) is 3.33. The summed E-state index contributed by atoms with van der Waals surface area (Å²) in [4.78, 5) is 17.2. The number of nitrogens with zero attached hydrogens (tertiary/aromatic N) is 3. The second-order valence-corrected chi connectivity index (χ2v) is 8.38. The van der Waals surface area contributed by atoms with Gasteiger partial charge in [0.2, 0.25) is 0 Å². The molecule has 1 fully saturated rings. The molecule has 0 N–H and O–H groups in total. The normalized spacial score (nSPS) is 15.4. The van der Waals surface area contributed by atoms with Crippen molar-refractivity contribution in [3.05, 3.63) is 46.0 Å². The largest absolute Gasteiger partial charge is 0.496 e. The quantitative estimate of drug-likeness (QED) is 0.812. The molecule has 1 amide bonds. The highest BCUT2D eigenvalue weighted by atomic mass is 35.5. The SMILES string of the molecule is COc1cc(Cl)ccc1C(=O)N=c1cc(C(C)(C)C)n(C)n1CC1CC1. The molecule has 26 heavy (non-hydrogen) atoms. The molecule has 0 bridgehead atoms. The maximum atomic E-state index is 12.8. The van der Waals surface area contributed by atoms with Crippen molar-refractivity contribution in [1.29, 1.82) is 0 Å². The molecule has 0 radical (unpaired) electrons. The van der Waals surface area contributed by atoms with Gasteiger partial charge in [0.25, 0.3) is 5.91 Å². The molecule has 1 saturated carbocycles. The van der Waals surface area contributed by atoms with Crippen LogP contribution in [0.4, 0.5) is 0 Å². The smallest absolute Gasteiger partial charge is 0.282 e. The summed E-state index contributed by atoms with van der Waals surface area (Å²) >= 11 is 5.99. The number of rotatable bonds is 4. The molecule has 2 aromatic rings. The first-order valence-electron chi connectivity index (χ1n) is 8.90. The Bertz CT molecular complexity index is 899. The van der Waals surface area contributed by atoms with E-state index in [-0.39, 0.29) is 11.3 Å². The number of amides is 1. The van der Waals surface area contributed by atoms with Crippen LogP contribution in [-0.4, -0.2) is 22.4 Å². The minimum absolute atomic E-state index is 0.0329. The second-order valence-electron chi connectivity index (χ2n) is 7.95. The van der Waals surface area contributed by atoms with Crippen LogP contribution < -0.4 is 10.2 Å². The molecule has 5 nitrogen and oxygen atoms in total. The molecular formula is C20H26ClN3O2. The van der Waals surface area contributed by atoms with Crippen LogP contribution in [0.3, 0.4) is 0 Å². The highest BCUT2D eigenvalue weighted by Gasteiger charge is 2.26.